The molecule has 0 heterocycles. The van der Waals surface area contributed by atoms with E-state index in [4.69, 9.17) is 0 Å². The van der Waals surface area contributed by atoms with Crippen LogP contribution in [0.1, 0.15) is 55.1 Å². The lowest BCUT2D eigenvalue weighted by molar-refractivity contribution is -0.116. The number of carbonyl (C=O) groups excluding carboxylic acids is 2. The summed E-state index contributed by atoms with van der Waals surface area (Å²) in [6.07, 6.45) is 1.50. The van der Waals surface area contributed by atoms with Crippen molar-refractivity contribution in [3.8, 4) is 0 Å². The SMILES string of the molecule is CC1=C(c2ccc(C(=O)c3ccccc3)cc2)C(=O)CC(C)(C)C1. The van der Waals surface area contributed by atoms with E-state index in [9.17, 15) is 9.59 Å². The minimum atomic E-state index is 0.00366. The van der Waals surface area contributed by atoms with Crippen molar-refractivity contribution in [2.45, 2.75) is 33.6 Å². The molecule has 2 aromatic carbocycles. The number of rotatable bonds is 3. The van der Waals surface area contributed by atoms with E-state index in [1.807, 2.05) is 61.5 Å². The van der Waals surface area contributed by atoms with Gasteiger partial charge in [-0.05, 0) is 24.3 Å². The molecule has 0 atom stereocenters. The molecule has 0 N–H and O–H groups in total. The van der Waals surface area contributed by atoms with Crippen LogP contribution in [0.4, 0.5) is 0 Å². The summed E-state index contributed by atoms with van der Waals surface area (Å²) in [5.41, 5.74) is 4.24. The first-order valence-corrected chi connectivity index (χ1v) is 8.30. The Balaban J connectivity index is 1.90. The van der Waals surface area contributed by atoms with Gasteiger partial charge in [-0.1, -0.05) is 74.0 Å². The van der Waals surface area contributed by atoms with Gasteiger partial charge in [0.1, 0.15) is 0 Å². The standard InChI is InChI=1S/C22H22O2/c1-15-13-22(2,3)14-19(23)20(15)16-9-11-18(12-10-16)21(24)17-7-5-4-6-8-17/h4-12H,13-14H2,1-3H3. The molecule has 2 aromatic rings. The average Bonchev–Trinajstić information content (AvgIpc) is 2.54. The molecule has 0 fully saturated rings. The molecule has 0 saturated heterocycles. The monoisotopic (exact) mass is 318 g/mol. The summed E-state index contributed by atoms with van der Waals surface area (Å²) < 4.78 is 0. The van der Waals surface area contributed by atoms with E-state index in [1.54, 1.807) is 0 Å². The highest BCUT2D eigenvalue weighted by Crippen LogP contribution is 2.40. The zero-order chi connectivity index (χ0) is 17.3. The zero-order valence-electron chi connectivity index (χ0n) is 14.4. The summed E-state index contributed by atoms with van der Waals surface area (Å²) in [5.74, 6) is 0.204. The van der Waals surface area contributed by atoms with E-state index in [-0.39, 0.29) is 17.0 Å². The Bertz CT molecular complexity index is 809. The highest BCUT2D eigenvalue weighted by Gasteiger charge is 2.31. The molecule has 0 saturated carbocycles. The van der Waals surface area contributed by atoms with Crippen molar-refractivity contribution in [2.24, 2.45) is 5.41 Å². The van der Waals surface area contributed by atoms with E-state index in [0.717, 1.165) is 23.1 Å². The lowest BCUT2D eigenvalue weighted by Crippen LogP contribution is -2.24. The number of benzene rings is 2. The Hall–Kier alpha value is -2.48. The molecular formula is C22H22O2. The average molecular weight is 318 g/mol. The van der Waals surface area contributed by atoms with E-state index >= 15 is 0 Å². The number of hydrogen-bond acceptors (Lipinski definition) is 2. The van der Waals surface area contributed by atoms with Crippen LogP contribution in [0, 0.1) is 5.41 Å². The zero-order valence-corrected chi connectivity index (χ0v) is 14.4. The van der Waals surface area contributed by atoms with Crippen LogP contribution in [0.2, 0.25) is 0 Å². The van der Waals surface area contributed by atoms with Gasteiger partial charge < -0.3 is 0 Å². The molecule has 2 nitrogen and oxygen atoms in total. The highest BCUT2D eigenvalue weighted by atomic mass is 16.1. The van der Waals surface area contributed by atoms with Gasteiger partial charge in [0.15, 0.2) is 11.6 Å². The predicted octanol–water partition coefficient (Wildman–Crippen LogP) is 5.08. The fourth-order valence-corrected chi connectivity index (χ4v) is 3.58. The molecule has 0 amide bonds. The Kier molecular flexibility index (Phi) is 4.23. The van der Waals surface area contributed by atoms with Crippen molar-refractivity contribution < 1.29 is 9.59 Å². The summed E-state index contributed by atoms with van der Waals surface area (Å²) in [6.45, 7) is 6.30. The third-order valence-corrected chi connectivity index (χ3v) is 4.56. The third-order valence-electron chi connectivity index (χ3n) is 4.56. The van der Waals surface area contributed by atoms with Crippen molar-refractivity contribution >= 4 is 17.1 Å². The van der Waals surface area contributed by atoms with Crippen molar-refractivity contribution in [1.29, 1.82) is 0 Å². The molecule has 0 bridgehead atoms. The Morgan fingerprint density at radius 1 is 0.875 bits per heavy atom. The molecule has 0 radical (unpaired) electrons. The number of hydrogen-bond donors (Lipinski definition) is 0. The maximum Gasteiger partial charge on any atom is 0.193 e. The highest BCUT2D eigenvalue weighted by molar-refractivity contribution is 6.22. The van der Waals surface area contributed by atoms with Crippen LogP contribution in [-0.4, -0.2) is 11.6 Å². The van der Waals surface area contributed by atoms with Gasteiger partial charge >= 0.3 is 0 Å². The molecule has 2 heteroatoms. The van der Waals surface area contributed by atoms with Crippen molar-refractivity contribution in [2.75, 3.05) is 0 Å². The fraction of sp³-hybridized carbons (Fsp3) is 0.273. The van der Waals surface area contributed by atoms with Crippen LogP contribution >= 0.6 is 0 Å². The van der Waals surface area contributed by atoms with Gasteiger partial charge in [-0.2, -0.15) is 0 Å². The second kappa shape index (κ2) is 6.20. The molecule has 0 aromatic heterocycles. The molecule has 0 unspecified atom stereocenters. The minimum Gasteiger partial charge on any atom is -0.294 e. The van der Waals surface area contributed by atoms with Crippen LogP contribution < -0.4 is 0 Å². The van der Waals surface area contributed by atoms with Gasteiger partial charge in [0.25, 0.3) is 0 Å². The number of carbonyl (C=O) groups is 2. The van der Waals surface area contributed by atoms with Gasteiger partial charge in [-0.3, -0.25) is 9.59 Å². The van der Waals surface area contributed by atoms with E-state index < -0.39 is 0 Å². The predicted molar refractivity (Wildman–Crippen MR) is 96.9 cm³/mol. The molecule has 122 valence electrons. The van der Waals surface area contributed by atoms with Crippen LogP contribution in [0.15, 0.2) is 60.2 Å². The Morgan fingerprint density at radius 3 is 2.04 bits per heavy atom. The molecule has 1 aliphatic carbocycles. The quantitative estimate of drug-likeness (QED) is 0.740. The summed E-state index contributed by atoms with van der Waals surface area (Å²) in [4.78, 5) is 25.0. The van der Waals surface area contributed by atoms with Gasteiger partial charge in [0.05, 0.1) is 0 Å². The van der Waals surface area contributed by atoms with Crippen molar-refractivity contribution in [3.05, 3.63) is 76.9 Å². The largest absolute Gasteiger partial charge is 0.294 e. The van der Waals surface area contributed by atoms with E-state index in [1.165, 1.54) is 0 Å². The van der Waals surface area contributed by atoms with Gasteiger partial charge in [0, 0.05) is 23.1 Å². The van der Waals surface area contributed by atoms with Crippen LogP contribution in [0.3, 0.4) is 0 Å². The summed E-state index contributed by atoms with van der Waals surface area (Å²) in [5, 5.41) is 0. The van der Waals surface area contributed by atoms with Crippen LogP contribution in [-0.2, 0) is 4.79 Å². The van der Waals surface area contributed by atoms with Gasteiger partial charge in [-0.15, -0.1) is 0 Å². The number of allylic oxidation sites excluding steroid dienone is 2. The van der Waals surface area contributed by atoms with Crippen molar-refractivity contribution in [3.63, 3.8) is 0 Å². The summed E-state index contributed by atoms with van der Waals surface area (Å²) in [7, 11) is 0. The van der Waals surface area contributed by atoms with Crippen LogP contribution in [0.5, 0.6) is 0 Å². The smallest absolute Gasteiger partial charge is 0.193 e. The number of ketones is 2. The molecule has 24 heavy (non-hydrogen) atoms. The lowest BCUT2D eigenvalue weighted by Gasteiger charge is -2.31. The lowest BCUT2D eigenvalue weighted by atomic mass is 9.72. The molecule has 1 aliphatic rings. The summed E-state index contributed by atoms with van der Waals surface area (Å²) >= 11 is 0. The Labute approximate surface area is 143 Å². The normalized spacial score (nSPS) is 17.0. The maximum atomic E-state index is 12.5. The molecule has 3 rings (SSSR count). The first kappa shape index (κ1) is 16.4. The molecular weight excluding hydrogens is 296 g/mol. The molecule has 0 spiro atoms. The second-order valence-corrected chi connectivity index (χ2v) is 7.37. The topological polar surface area (TPSA) is 34.1 Å². The van der Waals surface area contributed by atoms with Crippen LogP contribution in [0.25, 0.3) is 5.57 Å². The second-order valence-electron chi connectivity index (χ2n) is 7.37. The maximum absolute atomic E-state index is 12.5. The fourth-order valence-electron chi connectivity index (χ4n) is 3.58. The molecule has 0 aliphatic heterocycles. The van der Waals surface area contributed by atoms with Gasteiger partial charge in [0.2, 0.25) is 0 Å². The summed E-state index contributed by atoms with van der Waals surface area (Å²) in [6, 6.07) is 16.7. The van der Waals surface area contributed by atoms with E-state index in [0.29, 0.717) is 17.5 Å². The third kappa shape index (κ3) is 3.23. The van der Waals surface area contributed by atoms with Crippen molar-refractivity contribution in [1.82, 2.24) is 0 Å². The first-order chi connectivity index (χ1) is 11.4. The Morgan fingerprint density at radius 2 is 1.46 bits per heavy atom. The first-order valence-electron chi connectivity index (χ1n) is 8.30. The minimum absolute atomic E-state index is 0.00366. The van der Waals surface area contributed by atoms with E-state index in [2.05, 4.69) is 13.8 Å². The van der Waals surface area contributed by atoms with Gasteiger partial charge in [-0.25, -0.2) is 0 Å². The number of Topliss-reactive ketones (excluding diaryl/α,β-unsaturated/α-hetero) is 1.